The first kappa shape index (κ1) is 20.5. The van der Waals surface area contributed by atoms with Crippen molar-refractivity contribution in [3.8, 4) is 0 Å². The second-order valence-corrected chi connectivity index (χ2v) is 7.11. The minimum absolute atomic E-state index is 0.136. The topological polar surface area (TPSA) is 61.4 Å². The van der Waals surface area contributed by atoms with Gasteiger partial charge in [0, 0.05) is 32.2 Å². The Kier molecular flexibility index (Phi) is 7.41. The summed E-state index contributed by atoms with van der Waals surface area (Å²) in [5.74, 6) is 0.359. The summed E-state index contributed by atoms with van der Waals surface area (Å²) in [7, 11) is 1.76. The molecule has 2 aromatic rings. The van der Waals surface area contributed by atoms with Crippen LogP contribution in [0.5, 0.6) is 0 Å². The number of nitrogens with one attached hydrogen (secondary N) is 2. The van der Waals surface area contributed by atoms with Crippen LogP contribution >= 0.6 is 0 Å². The van der Waals surface area contributed by atoms with E-state index in [-0.39, 0.29) is 11.9 Å². The minimum atomic E-state index is -0.160. The fourth-order valence-electron chi connectivity index (χ4n) is 2.64. The fraction of sp³-hybridized carbons (Fsp3) is 0.364. The first-order chi connectivity index (χ1) is 12.9. The Balaban J connectivity index is 1.71. The Bertz CT molecular complexity index is 752. The zero-order valence-electron chi connectivity index (χ0n) is 16.6. The van der Waals surface area contributed by atoms with Crippen molar-refractivity contribution in [2.75, 3.05) is 20.1 Å². The number of amides is 3. The molecule has 144 valence electrons. The highest BCUT2D eigenvalue weighted by Gasteiger charge is 2.09. The molecule has 0 atom stereocenters. The molecule has 0 aliphatic rings. The Labute approximate surface area is 161 Å². The molecule has 0 radical (unpaired) electrons. The van der Waals surface area contributed by atoms with Gasteiger partial charge in [-0.2, -0.15) is 0 Å². The van der Waals surface area contributed by atoms with E-state index in [2.05, 4.69) is 48.7 Å². The van der Waals surface area contributed by atoms with E-state index in [0.717, 1.165) is 11.1 Å². The SMILES string of the molecule is Cc1ccc(C(=O)NCCNC(=O)N(C)Cc2ccc(C(C)C)cc2)cc1. The molecule has 27 heavy (non-hydrogen) atoms. The lowest BCUT2D eigenvalue weighted by atomic mass is 10.0. The molecule has 3 amide bonds. The Morgan fingerprint density at radius 2 is 1.52 bits per heavy atom. The van der Waals surface area contributed by atoms with Gasteiger partial charge in [0.05, 0.1) is 0 Å². The highest BCUT2D eigenvalue weighted by molar-refractivity contribution is 5.94. The van der Waals surface area contributed by atoms with E-state index in [1.807, 2.05) is 19.1 Å². The number of carbonyl (C=O) groups is 2. The van der Waals surface area contributed by atoms with Gasteiger partial charge in [0.15, 0.2) is 0 Å². The van der Waals surface area contributed by atoms with Crippen LogP contribution in [0.2, 0.25) is 0 Å². The molecule has 5 heteroatoms. The molecule has 0 aliphatic carbocycles. The summed E-state index contributed by atoms with van der Waals surface area (Å²) in [5.41, 5.74) is 4.11. The lowest BCUT2D eigenvalue weighted by molar-refractivity contribution is 0.0953. The summed E-state index contributed by atoms with van der Waals surface area (Å²) in [6.45, 7) is 7.60. The van der Waals surface area contributed by atoms with Gasteiger partial charge < -0.3 is 15.5 Å². The number of hydrogen-bond donors (Lipinski definition) is 2. The van der Waals surface area contributed by atoms with Gasteiger partial charge in [0.25, 0.3) is 5.91 Å². The van der Waals surface area contributed by atoms with Crippen LogP contribution in [0.1, 0.15) is 46.8 Å². The van der Waals surface area contributed by atoms with Gasteiger partial charge in [0.2, 0.25) is 0 Å². The standard InChI is InChI=1S/C22H29N3O2/c1-16(2)19-11-7-18(8-12-19)15-25(4)22(27)24-14-13-23-21(26)20-9-5-17(3)6-10-20/h5-12,16H,13-15H2,1-4H3,(H,23,26)(H,24,27). The number of hydrogen-bond acceptors (Lipinski definition) is 2. The van der Waals surface area contributed by atoms with Crippen LogP contribution in [-0.4, -0.2) is 37.0 Å². The molecular weight excluding hydrogens is 338 g/mol. The van der Waals surface area contributed by atoms with E-state index in [0.29, 0.717) is 31.1 Å². The highest BCUT2D eigenvalue weighted by Crippen LogP contribution is 2.15. The quantitative estimate of drug-likeness (QED) is 0.733. The average molecular weight is 367 g/mol. The average Bonchev–Trinajstić information content (AvgIpc) is 2.65. The van der Waals surface area contributed by atoms with Crippen molar-refractivity contribution in [3.63, 3.8) is 0 Å². The summed E-state index contributed by atoms with van der Waals surface area (Å²) in [6.07, 6.45) is 0. The van der Waals surface area contributed by atoms with Gasteiger partial charge in [-0.05, 0) is 36.1 Å². The number of nitrogens with zero attached hydrogens (tertiary/aromatic N) is 1. The molecule has 2 N–H and O–H groups in total. The van der Waals surface area contributed by atoms with Crippen molar-refractivity contribution in [1.82, 2.24) is 15.5 Å². The zero-order chi connectivity index (χ0) is 19.8. The normalized spacial score (nSPS) is 10.6. The van der Waals surface area contributed by atoms with Crippen molar-refractivity contribution in [3.05, 3.63) is 70.8 Å². The molecule has 0 unspecified atom stereocenters. The Morgan fingerprint density at radius 1 is 0.926 bits per heavy atom. The molecule has 0 saturated carbocycles. The molecule has 0 saturated heterocycles. The lowest BCUT2D eigenvalue weighted by Crippen LogP contribution is -2.41. The third kappa shape index (κ3) is 6.44. The number of rotatable bonds is 7. The fourth-order valence-corrected chi connectivity index (χ4v) is 2.64. The van der Waals surface area contributed by atoms with Crippen molar-refractivity contribution >= 4 is 11.9 Å². The predicted octanol–water partition coefficient (Wildman–Crippen LogP) is 3.69. The zero-order valence-corrected chi connectivity index (χ0v) is 16.6. The molecule has 5 nitrogen and oxygen atoms in total. The maximum absolute atomic E-state index is 12.2. The van der Waals surface area contributed by atoms with Gasteiger partial charge in [-0.1, -0.05) is 55.8 Å². The van der Waals surface area contributed by atoms with E-state index in [4.69, 9.17) is 0 Å². The summed E-state index contributed by atoms with van der Waals surface area (Å²) >= 11 is 0. The molecule has 0 aliphatic heterocycles. The lowest BCUT2D eigenvalue weighted by Gasteiger charge is -2.18. The molecule has 0 heterocycles. The second-order valence-electron chi connectivity index (χ2n) is 7.11. The number of carbonyl (C=O) groups excluding carboxylic acids is 2. The van der Waals surface area contributed by atoms with Crippen LogP contribution in [0.4, 0.5) is 4.79 Å². The highest BCUT2D eigenvalue weighted by atomic mass is 16.2. The summed E-state index contributed by atoms with van der Waals surface area (Å²) < 4.78 is 0. The van der Waals surface area contributed by atoms with Crippen LogP contribution in [-0.2, 0) is 6.54 Å². The maximum Gasteiger partial charge on any atom is 0.317 e. The van der Waals surface area contributed by atoms with Crippen LogP contribution in [0.15, 0.2) is 48.5 Å². The summed E-state index contributed by atoms with van der Waals surface area (Å²) in [6, 6.07) is 15.6. The van der Waals surface area contributed by atoms with E-state index in [1.165, 1.54) is 5.56 Å². The van der Waals surface area contributed by atoms with Crippen LogP contribution in [0.25, 0.3) is 0 Å². The van der Waals surface area contributed by atoms with Crippen LogP contribution < -0.4 is 10.6 Å². The van der Waals surface area contributed by atoms with E-state index in [9.17, 15) is 9.59 Å². The third-order valence-corrected chi connectivity index (χ3v) is 4.41. The third-order valence-electron chi connectivity index (χ3n) is 4.41. The van der Waals surface area contributed by atoms with Crippen LogP contribution in [0, 0.1) is 6.92 Å². The first-order valence-electron chi connectivity index (χ1n) is 9.29. The minimum Gasteiger partial charge on any atom is -0.350 e. The molecule has 2 rings (SSSR count). The number of urea groups is 1. The maximum atomic E-state index is 12.2. The Morgan fingerprint density at radius 3 is 2.11 bits per heavy atom. The van der Waals surface area contributed by atoms with Crippen molar-refractivity contribution in [2.24, 2.45) is 0 Å². The molecule has 0 fully saturated rings. The Hall–Kier alpha value is -2.82. The van der Waals surface area contributed by atoms with Gasteiger partial charge in [-0.15, -0.1) is 0 Å². The van der Waals surface area contributed by atoms with Crippen molar-refractivity contribution in [2.45, 2.75) is 33.2 Å². The first-order valence-corrected chi connectivity index (χ1v) is 9.29. The largest absolute Gasteiger partial charge is 0.350 e. The molecular formula is C22H29N3O2. The monoisotopic (exact) mass is 367 g/mol. The molecule has 0 spiro atoms. The van der Waals surface area contributed by atoms with E-state index < -0.39 is 0 Å². The number of aryl methyl sites for hydroxylation is 1. The molecule has 0 bridgehead atoms. The smallest absolute Gasteiger partial charge is 0.317 e. The van der Waals surface area contributed by atoms with E-state index in [1.54, 1.807) is 24.1 Å². The van der Waals surface area contributed by atoms with Crippen LogP contribution in [0.3, 0.4) is 0 Å². The van der Waals surface area contributed by atoms with Gasteiger partial charge in [0.1, 0.15) is 0 Å². The van der Waals surface area contributed by atoms with E-state index >= 15 is 0 Å². The van der Waals surface area contributed by atoms with Crippen molar-refractivity contribution in [1.29, 1.82) is 0 Å². The number of benzene rings is 2. The summed E-state index contributed by atoms with van der Waals surface area (Å²) in [4.78, 5) is 25.8. The van der Waals surface area contributed by atoms with Crippen molar-refractivity contribution < 1.29 is 9.59 Å². The summed E-state index contributed by atoms with van der Waals surface area (Å²) in [5, 5.41) is 5.63. The second kappa shape index (κ2) is 9.76. The predicted molar refractivity (Wildman–Crippen MR) is 109 cm³/mol. The van der Waals surface area contributed by atoms with Gasteiger partial charge >= 0.3 is 6.03 Å². The molecule has 2 aromatic carbocycles. The van der Waals surface area contributed by atoms with Gasteiger partial charge in [-0.25, -0.2) is 4.79 Å². The van der Waals surface area contributed by atoms with Gasteiger partial charge in [-0.3, -0.25) is 4.79 Å². The molecule has 0 aromatic heterocycles.